The molecule has 1 aromatic carbocycles. The number of benzene rings is 1. The lowest BCUT2D eigenvalue weighted by atomic mass is 10.1. The number of nitrogens with zero attached hydrogens (tertiary/aromatic N) is 1. The number of rotatable bonds is 6. The normalized spacial score (nSPS) is 21.6. The van der Waals surface area contributed by atoms with E-state index in [9.17, 15) is 13.2 Å². The summed E-state index contributed by atoms with van der Waals surface area (Å²) in [6, 6.07) is 6.34. The van der Waals surface area contributed by atoms with Gasteiger partial charge in [0.2, 0.25) is 15.9 Å². The van der Waals surface area contributed by atoms with Crippen LogP contribution in [0.15, 0.2) is 29.2 Å². The molecule has 0 unspecified atom stereocenters. The molecule has 23 heavy (non-hydrogen) atoms. The van der Waals surface area contributed by atoms with Crippen LogP contribution in [0.2, 0.25) is 5.02 Å². The van der Waals surface area contributed by atoms with Crippen LogP contribution in [0.4, 0.5) is 0 Å². The molecule has 0 bridgehead atoms. The van der Waals surface area contributed by atoms with E-state index in [1.807, 2.05) is 4.90 Å². The van der Waals surface area contributed by atoms with E-state index in [-0.39, 0.29) is 29.8 Å². The van der Waals surface area contributed by atoms with Crippen LogP contribution in [0.25, 0.3) is 0 Å². The molecule has 1 aromatic rings. The van der Waals surface area contributed by atoms with Crippen LogP contribution in [0.1, 0.15) is 33.1 Å². The SMILES string of the molecule is CC[C@@H]1C[C@@H](C)CN1C(=O)CCNS(=O)(=O)c1cccc(Cl)c1. The fourth-order valence-corrected chi connectivity index (χ4v) is 4.33. The number of hydrogen-bond acceptors (Lipinski definition) is 3. The van der Waals surface area contributed by atoms with Crippen molar-refractivity contribution in [3.8, 4) is 0 Å². The second-order valence-corrected chi connectivity index (χ2v) is 8.26. The highest BCUT2D eigenvalue weighted by Gasteiger charge is 2.31. The largest absolute Gasteiger partial charge is 0.339 e. The van der Waals surface area contributed by atoms with E-state index in [2.05, 4.69) is 18.6 Å². The van der Waals surface area contributed by atoms with Crippen LogP contribution in [-0.2, 0) is 14.8 Å². The van der Waals surface area contributed by atoms with E-state index in [4.69, 9.17) is 11.6 Å². The van der Waals surface area contributed by atoms with Gasteiger partial charge in [-0.25, -0.2) is 13.1 Å². The van der Waals surface area contributed by atoms with Crippen molar-refractivity contribution in [2.45, 2.75) is 44.0 Å². The molecule has 1 aliphatic rings. The van der Waals surface area contributed by atoms with Gasteiger partial charge in [-0.05, 0) is 37.0 Å². The second-order valence-electron chi connectivity index (χ2n) is 6.05. The first-order valence-corrected chi connectivity index (χ1v) is 9.74. The van der Waals surface area contributed by atoms with Crippen LogP contribution in [0.3, 0.4) is 0 Å². The number of carbonyl (C=O) groups is 1. The molecule has 1 fully saturated rings. The van der Waals surface area contributed by atoms with Gasteiger partial charge in [-0.1, -0.05) is 31.5 Å². The highest BCUT2D eigenvalue weighted by molar-refractivity contribution is 7.89. The van der Waals surface area contributed by atoms with Gasteiger partial charge < -0.3 is 4.90 Å². The van der Waals surface area contributed by atoms with Gasteiger partial charge >= 0.3 is 0 Å². The number of amides is 1. The Kier molecular flexibility index (Phi) is 6.06. The van der Waals surface area contributed by atoms with Gasteiger partial charge in [-0.2, -0.15) is 0 Å². The zero-order chi connectivity index (χ0) is 17.0. The summed E-state index contributed by atoms with van der Waals surface area (Å²) in [5.41, 5.74) is 0. The lowest BCUT2D eigenvalue weighted by Crippen LogP contribution is -2.37. The van der Waals surface area contributed by atoms with Crippen LogP contribution in [0.5, 0.6) is 0 Å². The van der Waals surface area contributed by atoms with E-state index in [1.54, 1.807) is 12.1 Å². The zero-order valence-corrected chi connectivity index (χ0v) is 15.0. The third-order valence-electron chi connectivity index (χ3n) is 4.15. The second kappa shape index (κ2) is 7.64. The molecule has 0 saturated carbocycles. The zero-order valence-electron chi connectivity index (χ0n) is 13.5. The quantitative estimate of drug-likeness (QED) is 0.850. The summed E-state index contributed by atoms with van der Waals surface area (Å²) >= 11 is 5.81. The number of hydrogen-bond donors (Lipinski definition) is 1. The molecule has 0 spiro atoms. The van der Waals surface area contributed by atoms with Crippen molar-refractivity contribution < 1.29 is 13.2 Å². The molecule has 1 saturated heterocycles. The molecular formula is C16H23ClN2O3S. The molecule has 0 aliphatic carbocycles. The smallest absolute Gasteiger partial charge is 0.240 e. The first-order valence-electron chi connectivity index (χ1n) is 7.88. The summed E-state index contributed by atoms with van der Waals surface area (Å²) in [6.07, 6.45) is 2.13. The Morgan fingerprint density at radius 3 is 2.83 bits per heavy atom. The van der Waals surface area contributed by atoms with Gasteiger partial charge in [0.15, 0.2) is 0 Å². The number of carbonyl (C=O) groups excluding carboxylic acids is 1. The minimum absolute atomic E-state index is 0.00925. The average molecular weight is 359 g/mol. The van der Waals surface area contributed by atoms with E-state index < -0.39 is 10.0 Å². The van der Waals surface area contributed by atoms with Crippen molar-refractivity contribution >= 4 is 27.5 Å². The molecular weight excluding hydrogens is 336 g/mol. The van der Waals surface area contributed by atoms with E-state index in [0.717, 1.165) is 19.4 Å². The Labute approximate surface area is 143 Å². The fourth-order valence-electron chi connectivity index (χ4n) is 3.00. The van der Waals surface area contributed by atoms with Gasteiger partial charge in [-0.3, -0.25) is 4.79 Å². The monoisotopic (exact) mass is 358 g/mol. The summed E-state index contributed by atoms with van der Waals surface area (Å²) in [5.74, 6) is 0.516. The molecule has 1 amide bonds. The third-order valence-corrected chi connectivity index (χ3v) is 5.85. The topological polar surface area (TPSA) is 66.5 Å². The maximum atomic E-state index is 12.3. The Bertz CT molecular complexity index is 663. The molecule has 1 N–H and O–H groups in total. The van der Waals surface area contributed by atoms with Crippen molar-refractivity contribution in [2.24, 2.45) is 5.92 Å². The van der Waals surface area contributed by atoms with Crippen LogP contribution >= 0.6 is 11.6 Å². The minimum atomic E-state index is -3.64. The minimum Gasteiger partial charge on any atom is -0.339 e. The van der Waals surface area contributed by atoms with E-state index in [0.29, 0.717) is 10.9 Å². The molecule has 2 rings (SSSR count). The number of halogens is 1. The van der Waals surface area contributed by atoms with E-state index in [1.165, 1.54) is 12.1 Å². The number of nitrogens with one attached hydrogen (secondary N) is 1. The van der Waals surface area contributed by atoms with Crippen LogP contribution < -0.4 is 4.72 Å². The maximum Gasteiger partial charge on any atom is 0.240 e. The summed E-state index contributed by atoms with van der Waals surface area (Å²) in [4.78, 5) is 14.3. The molecule has 128 valence electrons. The van der Waals surface area contributed by atoms with Crippen LogP contribution in [-0.4, -0.2) is 38.4 Å². The highest BCUT2D eigenvalue weighted by Crippen LogP contribution is 2.25. The third kappa shape index (κ3) is 4.68. The number of likely N-dealkylation sites (tertiary alicyclic amines) is 1. The summed E-state index contributed by atoms with van der Waals surface area (Å²) in [7, 11) is -3.64. The van der Waals surface area contributed by atoms with Crippen molar-refractivity contribution in [1.29, 1.82) is 0 Å². The predicted octanol–water partition coefficient (Wildman–Crippen LogP) is 2.66. The molecule has 1 aliphatic heterocycles. The summed E-state index contributed by atoms with van der Waals surface area (Å²) in [6.45, 7) is 5.07. The first-order chi connectivity index (χ1) is 10.8. The van der Waals surface area contributed by atoms with Crippen molar-refractivity contribution in [1.82, 2.24) is 9.62 Å². The van der Waals surface area contributed by atoms with Gasteiger partial charge in [0.25, 0.3) is 0 Å². The Morgan fingerprint density at radius 2 is 2.17 bits per heavy atom. The predicted molar refractivity (Wildman–Crippen MR) is 90.8 cm³/mol. The summed E-state index contributed by atoms with van der Waals surface area (Å²) in [5, 5.41) is 0.362. The molecule has 0 aromatic heterocycles. The van der Waals surface area contributed by atoms with Gasteiger partial charge in [0, 0.05) is 30.6 Å². The maximum absolute atomic E-state index is 12.3. The van der Waals surface area contributed by atoms with E-state index >= 15 is 0 Å². The molecule has 1 heterocycles. The summed E-state index contributed by atoms with van der Waals surface area (Å²) < 4.78 is 26.8. The lowest BCUT2D eigenvalue weighted by molar-refractivity contribution is -0.132. The molecule has 2 atom stereocenters. The molecule has 5 nitrogen and oxygen atoms in total. The van der Waals surface area contributed by atoms with Crippen LogP contribution in [0, 0.1) is 5.92 Å². The van der Waals surface area contributed by atoms with Gasteiger partial charge in [0.1, 0.15) is 0 Å². The Hall–Kier alpha value is -1.11. The van der Waals surface area contributed by atoms with Gasteiger partial charge in [-0.15, -0.1) is 0 Å². The number of sulfonamides is 1. The Morgan fingerprint density at radius 1 is 1.43 bits per heavy atom. The van der Waals surface area contributed by atoms with Gasteiger partial charge in [0.05, 0.1) is 4.90 Å². The Balaban J connectivity index is 1.90. The van der Waals surface area contributed by atoms with Crippen molar-refractivity contribution in [2.75, 3.05) is 13.1 Å². The first kappa shape index (κ1) is 18.2. The highest BCUT2D eigenvalue weighted by atomic mass is 35.5. The molecule has 0 radical (unpaired) electrons. The standard InChI is InChI=1S/C16H23ClN2O3S/c1-3-14-9-12(2)11-19(14)16(20)7-8-18-23(21,22)15-6-4-5-13(17)10-15/h4-6,10,12,14,18H,3,7-9,11H2,1-2H3/t12-,14-/m1/s1. The van der Waals surface area contributed by atoms with Crippen molar-refractivity contribution in [3.05, 3.63) is 29.3 Å². The fraction of sp³-hybridized carbons (Fsp3) is 0.562. The lowest BCUT2D eigenvalue weighted by Gasteiger charge is -2.23. The molecule has 7 heteroatoms. The van der Waals surface area contributed by atoms with Crippen molar-refractivity contribution in [3.63, 3.8) is 0 Å². The average Bonchev–Trinajstić information content (AvgIpc) is 2.88.